The van der Waals surface area contributed by atoms with Gasteiger partial charge in [0.25, 0.3) is 11.8 Å². The first-order valence-corrected chi connectivity index (χ1v) is 9.46. The van der Waals surface area contributed by atoms with Gasteiger partial charge in [0.1, 0.15) is 5.82 Å². The minimum absolute atomic E-state index is 0.0692. The molecule has 3 aromatic heterocycles. The lowest BCUT2D eigenvalue weighted by Gasteiger charge is -2.17. The molecule has 7 nitrogen and oxygen atoms in total. The third kappa shape index (κ3) is 3.66. The Labute approximate surface area is 161 Å². The van der Waals surface area contributed by atoms with E-state index in [1.165, 1.54) is 16.2 Å². The zero-order valence-corrected chi connectivity index (χ0v) is 16.6. The van der Waals surface area contributed by atoms with Crippen molar-refractivity contribution in [3.63, 3.8) is 0 Å². The number of hydrogen-bond donors (Lipinski definition) is 0. The van der Waals surface area contributed by atoms with E-state index in [0.29, 0.717) is 28.5 Å². The highest BCUT2D eigenvalue weighted by Gasteiger charge is 2.23. The highest BCUT2D eigenvalue weighted by Crippen LogP contribution is 2.29. The summed E-state index contributed by atoms with van der Waals surface area (Å²) in [6.45, 7) is 1.92. The maximum atomic E-state index is 12.8. The van der Waals surface area contributed by atoms with Crippen LogP contribution >= 0.6 is 11.3 Å². The number of ether oxygens (including phenoxy) is 1. The summed E-state index contributed by atoms with van der Waals surface area (Å²) in [5, 5.41) is 1.88. The van der Waals surface area contributed by atoms with Crippen LogP contribution in [0.25, 0.3) is 5.65 Å². The number of aromatic nitrogens is 2. The average molecular weight is 386 g/mol. The molecule has 3 rings (SSSR count). The topological polar surface area (TPSA) is 67.2 Å². The van der Waals surface area contributed by atoms with Gasteiger partial charge in [-0.05, 0) is 30.0 Å². The molecule has 0 bridgehead atoms. The Kier molecular flexibility index (Phi) is 5.46. The van der Waals surface area contributed by atoms with Crippen molar-refractivity contribution in [3.8, 4) is 5.75 Å². The van der Waals surface area contributed by atoms with Crippen LogP contribution in [-0.2, 0) is 11.2 Å². The molecule has 27 heavy (non-hydrogen) atoms. The van der Waals surface area contributed by atoms with E-state index in [1.54, 1.807) is 38.2 Å². The molecule has 0 aliphatic heterocycles. The van der Waals surface area contributed by atoms with Crippen molar-refractivity contribution >= 4 is 34.6 Å². The van der Waals surface area contributed by atoms with Crippen molar-refractivity contribution in [2.75, 3.05) is 32.6 Å². The lowest BCUT2D eigenvalue weighted by atomic mass is 10.3. The Morgan fingerprint density at radius 2 is 2.00 bits per heavy atom. The number of amides is 2. The van der Waals surface area contributed by atoms with Crippen LogP contribution < -0.4 is 9.64 Å². The molecule has 0 radical (unpaired) electrons. The van der Waals surface area contributed by atoms with Crippen molar-refractivity contribution in [3.05, 3.63) is 46.4 Å². The van der Waals surface area contributed by atoms with Crippen LogP contribution in [0.3, 0.4) is 0 Å². The van der Waals surface area contributed by atoms with Gasteiger partial charge in [0.2, 0.25) is 0 Å². The fourth-order valence-corrected chi connectivity index (χ4v) is 3.41. The first kappa shape index (κ1) is 18.9. The largest absolute Gasteiger partial charge is 0.480 e. The number of nitrogens with zero attached hydrogens (tertiary/aromatic N) is 4. The fourth-order valence-electron chi connectivity index (χ4n) is 2.71. The lowest BCUT2D eigenvalue weighted by molar-refractivity contribution is -0.130. The molecule has 8 heteroatoms. The normalized spacial score (nSPS) is 10.8. The van der Waals surface area contributed by atoms with Crippen LogP contribution in [0, 0.1) is 0 Å². The van der Waals surface area contributed by atoms with Gasteiger partial charge in [-0.25, -0.2) is 4.98 Å². The fraction of sp³-hybridized carbons (Fsp3) is 0.316. The van der Waals surface area contributed by atoms with Gasteiger partial charge in [-0.1, -0.05) is 13.0 Å². The molecule has 0 fully saturated rings. The molecular weight excluding hydrogens is 364 g/mol. The summed E-state index contributed by atoms with van der Waals surface area (Å²) in [6.07, 6.45) is 2.50. The Balaban J connectivity index is 2.00. The van der Waals surface area contributed by atoms with Crippen molar-refractivity contribution in [1.29, 1.82) is 0 Å². The number of imidazole rings is 1. The molecular formula is C19H22N4O3S. The smallest absolute Gasteiger partial charge is 0.269 e. The first-order valence-electron chi connectivity index (χ1n) is 8.58. The second-order valence-electron chi connectivity index (χ2n) is 6.22. The number of carbonyl (C=O) groups excluding carboxylic acids is 2. The zero-order chi connectivity index (χ0) is 19.6. The predicted molar refractivity (Wildman–Crippen MR) is 106 cm³/mol. The third-order valence-electron chi connectivity index (χ3n) is 4.20. The van der Waals surface area contributed by atoms with Gasteiger partial charge >= 0.3 is 0 Å². The number of hydrogen-bond acceptors (Lipinski definition) is 5. The molecule has 0 aliphatic carbocycles. The summed E-state index contributed by atoms with van der Waals surface area (Å²) in [7, 11) is 5.11. The summed E-state index contributed by atoms with van der Waals surface area (Å²) >= 11 is 1.40. The first-order chi connectivity index (χ1) is 12.9. The molecule has 142 valence electrons. The van der Waals surface area contributed by atoms with E-state index >= 15 is 0 Å². The van der Waals surface area contributed by atoms with E-state index in [1.807, 2.05) is 35.0 Å². The molecule has 0 aliphatic rings. The van der Waals surface area contributed by atoms with Gasteiger partial charge in [0.05, 0.1) is 10.6 Å². The van der Waals surface area contributed by atoms with Crippen molar-refractivity contribution in [2.45, 2.75) is 13.3 Å². The number of pyridine rings is 1. The van der Waals surface area contributed by atoms with Gasteiger partial charge in [0.15, 0.2) is 18.0 Å². The molecule has 0 atom stereocenters. The van der Waals surface area contributed by atoms with Gasteiger partial charge in [-0.3, -0.25) is 18.9 Å². The number of anilines is 1. The number of carbonyl (C=O) groups is 2. The third-order valence-corrected chi connectivity index (χ3v) is 5.06. The predicted octanol–water partition coefficient (Wildman–Crippen LogP) is 2.70. The molecule has 0 saturated carbocycles. The maximum absolute atomic E-state index is 12.8. The van der Waals surface area contributed by atoms with E-state index in [9.17, 15) is 9.59 Å². The molecule has 0 aromatic carbocycles. The van der Waals surface area contributed by atoms with Crippen LogP contribution in [0.1, 0.15) is 22.3 Å². The van der Waals surface area contributed by atoms with Gasteiger partial charge in [-0.2, -0.15) is 0 Å². The highest BCUT2D eigenvalue weighted by atomic mass is 32.1. The average Bonchev–Trinajstić information content (AvgIpc) is 3.32. The SMILES string of the molecule is CCc1nc2c(OCC(=O)N(C)C)cccn2c1N(C)C(=O)c1cccs1. The van der Waals surface area contributed by atoms with Crippen molar-refractivity contribution in [2.24, 2.45) is 0 Å². The van der Waals surface area contributed by atoms with E-state index in [4.69, 9.17) is 4.74 Å². The summed E-state index contributed by atoms with van der Waals surface area (Å²) in [4.78, 5) is 33.0. The number of likely N-dealkylation sites (N-methyl/N-ethyl adjacent to an activating group) is 1. The summed E-state index contributed by atoms with van der Waals surface area (Å²) in [5.41, 5.74) is 1.37. The summed E-state index contributed by atoms with van der Waals surface area (Å²) in [5.74, 6) is 0.987. The van der Waals surface area contributed by atoms with Gasteiger partial charge in [0, 0.05) is 27.3 Å². The van der Waals surface area contributed by atoms with Crippen LogP contribution in [0.5, 0.6) is 5.75 Å². The van der Waals surface area contributed by atoms with Crippen molar-refractivity contribution < 1.29 is 14.3 Å². The Morgan fingerprint density at radius 1 is 1.22 bits per heavy atom. The van der Waals surface area contributed by atoms with Crippen LogP contribution in [0.2, 0.25) is 0 Å². The minimum Gasteiger partial charge on any atom is -0.480 e. The van der Waals surface area contributed by atoms with E-state index < -0.39 is 0 Å². The number of aryl methyl sites for hydroxylation is 1. The Morgan fingerprint density at radius 3 is 2.63 bits per heavy atom. The van der Waals surface area contributed by atoms with Crippen LogP contribution in [-0.4, -0.2) is 53.8 Å². The number of fused-ring (bicyclic) bond motifs is 1. The molecule has 0 N–H and O–H groups in total. The molecule has 2 amide bonds. The maximum Gasteiger partial charge on any atom is 0.269 e. The summed E-state index contributed by atoms with van der Waals surface area (Å²) < 4.78 is 7.52. The number of thiophene rings is 1. The summed E-state index contributed by atoms with van der Waals surface area (Å²) in [6, 6.07) is 7.25. The minimum atomic E-state index is -0.135. The number of rotatable bonds is 6. The molecule has 0 saturated heterocycles. The standard InChI is InChI=1S/C19H22N4O3S/c1-5-13-18(22(4)19(25)15-9-7-11-27-15)23-10-6-8-14(17(23)20-13)26-12-16(24)21(2)3/h6-11H,5,12H2,1-4H3. The van der Waals surface area contributed by atoms with Crippen LogP contribution in [0.15, 0.2) is 35.8 Å². The van der Waals surface area contributed by atoms with Crippen molar-refractivity contribution in [1.82, 2.24) is 14.3 Å². The Hall–Kier alpha value is -2.87. The monoisotopic (exact) mass is 386 g/mol. The molecule has 0 spiro atoms. The molecule has 0 unspecified atom stereocenters. The lowest BCUT2D eigenvalue weighted by Crippen LogP contribution is -2.28. The second kappa shape index (κ2) is 7.79. The molecule has 3 aromatic rings. The van der Waals surface area contributed by atoms with E-state index in [0.717, 1.165) is 5.69 Å². The van der Waals surface area contributed by atoms with E-state index in [-0.39, 0.29) is 18.4 Å². The van der Waals surface area contributed by atoms with Crippen LogP contribution in [0.4, 0.5) is 5.82 Å². The van der Waals surface area contributed by atoms with Gasteiger partial charge < -0.3 is 9.64 Å². The molecule has 3 heterocycles. The Bertz CT molecular complexity index is 963. The van der Waals surface area contributed by atoms with E-state index in [2.05, 4.69) is 4.98 Å². The zero-order valence-electron chi connectivity index (χ0n) is 15.8. The quantitative estimate of drug-likeness (QED) is 0.653. The highest BCUT2D eigenvalue weighted by molar-refractivity contribution is 7.12. The second-order valence-corrected chi connectivity index (χ2v) is 7.17. The van der Waals surface area contributed by atoms with Gasteiger partial charge in [-0.15, -0.1) is 11.3 Å².